The summed E-state index contributed by atoms with van der Waals surface area (Å²) < 4.78 is 0. The van der Waals surface area contributed by atoms with Crippen LogP contribution in [0.25, 0.3) is 0 Å². The monoisotopic (exact) mass is 339 g/mol. The predicted molar refractivity (Wildman–Crippen MR) is 91.0 cm³/mol. The fourth-order valence-electron chi connectivity index (χ4n) is 2.71. The van der Waals surface area contributed by atoms with Crippen molar-refractivity contribution in [2.75, 3.05) is 58.3 Å². The topological polar surface area (TPSA) is 9.72 Å². The molecule has 2 rings (SSSR count). The molecule has 4 heteroatoms. The highest BCUT2D eigenvalue weighted by molar-refractivity contribution is 9.08. The Morgan fingerprint density at radius 1 is 1.15 bits per heavy atom. The van der Waals surface area contributed by atoms with Crippen LogP contribution >= 0.6 is 15.9 Å². The first kappa shape index (κ1) is 15.8. The Morgan fingerprint density at radius 2 is 1.85 bits per heavy atom. The lowest BCUT2D eigenvalue weighted by Gasteiger charge is -2.37. The Morgan fingerprint density at radius 3 is 2.40 bits per heavy atom. The molecule has 1 aromatic carbocycles. The van der Waals surface area contributed by atoms with Crippen LogP contribution in [-0.2, 0) is 5.33 Å². The van der Waals surface area contributed by atoms with Gasteiger partial charge >= 0.3 is 0 Å². The maximum Gasteiger partial charge on any atom is 0.0397 e. The van der Waals surface area contributed by atoms with Crippen molar-refractivity contribution in [1.82, 2.24) is 9.80 Å². The van der Waals surface area contributed by atoms with E-state index in [-0.39, 0.29) is 0 Å². The van der Waals surface area contributed by atoms with Gasteiger partial charge in [-0.05, 0) is 38.2 Å². The number of aryl methyl sites for hydroxylation is 1. The largest absolute Gasteiger partial charge is 0.369 e. The van der Waals surface area contributed by atoms with E-state index in [0.29, 0.717) is 0 Å². The second-order valence-corrected chi connectivity index (χ2v) is 6.45. The molecule has 1 saturated heterocycles. The molecule has 20 heavy (non-hydrogen) atoms. The number of benzene rings is 1. The number of hydrogen-bond donors (Lipinski definition) is 0. The quantitative estimate of drug-likeness (QED) is 0.763. The van der Waals surface area contributed by atoms with Gasteiger partial charge < -0.3 is 9.80 Å². The third-order valence-electron chi connectivity index (χ3n) is 3.99. The average Bonchev–Trinajstić information content (AvgIpc) is 2.45. The molecule has 0 aliphatic carbocycles. The lowest BCUT2D eigenvalue weighted by Crippen LogP contribution is -2.48. The van der Waals surface area contributed by atoms with E-state index in [2.05, 4.69) is 69.8 Å². The molecule has 0 atom stereocenters. The number of piperazine rings is 1. The van der Waals surface area contributed by atoms with E-state index in [1.807, 2.05) is 0 Å². The van der Waals surface area contributed by atoms with E-state index in [1.54, 1.807) is 0 Å². The van der Waals surface area contributed by atoms with Crippen LogP contribution in [-0.4, -0.2) is 63.2 Å². The van der Waals surface area contributed by atoms with Crippen molar-refractivity contribution in [3.8, 4) is 0 Å². The number of alkyl halides is 1. The summed E-state index contributed by atoms with van der Waals surface area (Å²) >= 11 is 3.52. The van der Waals surface area contributed by atoms with Crippen LogP contribution in [0.2, 0.25) is 0 Å². The normalized spacial score (nSPS) is 16.9. The van der Waals surface area contributed by atoms with Gasteiger partial charge in [-0.1, -0.05) is 28.1 Å². The van der Waals surface area contributed by atoms with Gasteiger partial charge in [0.1, 0.15) is 0 Å². The molecule has 1 aliphatic heterocycles. The molecular formula is C16H26BrN3. The van der Waals surface area contributed by atoms with E-state index >= 15 is 0 Å². The van der Waals surface area contributed by atoms with Crippen LogP contribution in [0.1, 0.15) is 11.1 Å². The number of anilines is 1. The molecule has 0 spiro atoms. The molecule has 0 bridgehead atoms. The summed E-state index contributed by atoms with van der Waals surface area (Å²) in [5.41, 5.74) is 4.15. The zero-order valence-electron chi connectivity index (χ0n) is 12.9. The number of likely N-dealkylation sites (N-methyl/N-ethyl adjacent to an activating group) is 1. The third-order valence-corrected chi connectivity index (χ3v) is 4.64. The molecule has 0 aromatic heterocycles. The van der Waals surface area contributed by atoms with Gasteiger partial charge in [0.25, 0.3) is 0 Å². The summed E-state index contributed by atoms with van der Waals surface area (Å²) in [4.78, 5) is 7.35. The summed E-state index contributed by atoms with van der Waals surface area (Å²) in [7, 11) is 4.29. The predicted octanol–water partition coefficient (Wildman–Crippen LogP) is 2.57. The Kier molecular flexibility index (Phi) is 5.87. The van der Waals surface area contributed by atoms with E-state index < -0.39 is 0 Å². The summed E-state index contributed by atoms with van der Waals surface area (Å²) in [5.74, 6) is 0. The third kappa shape index (κ3) is 4.21. The Hall–Kier alpha value is -0.580. The van der Waals surface area contributed by atoms with Crippen LogP contribution in [0.3, 0.4) is 0 Å². The molecule has 0 radical (unpaired) electrons. The molecule has 0 N–H and O–H groups in total. The smallest absolute Gasteiger partial charge is 0.0397 e. The van der Waals surface area contributed by atoms with E-state index in [9.17, 15) is 0 Å². The minimum atomic E-state index is 0.937. The van der Waals surface area contributed by atoms with Gasteiger partial charge in [-0.15, -0.1) is 0 Å². The molecule has 0 unspecified atom stereocenters. The van der Waals surface area contributed by atoms with E-state index in [0.717, 1.165) is 25.0 Å². The number of rotatable bonds is 5. The van der Waals surface area contributed by atoms with Gasteiger partial charge in [0.15, 0.2) is 0 Å². The van der Waals surface area contributed by atoms with Crippen molar-refractivity contribution >= 4 is 21.6 Å². The zero-order valence-corrected chi connectivity index (χ0v) is 14.5. The van der Waals surface area contributed by atoms with Crippen LogP contribution in [0.5, 0.6) is 0 Å². The summed E-state index contributed by atoms with van der Waals surface area (Å²) in [6, 6.07) is 6.80. The fourth-order valence-corrected chi connectivity index (χ4v) is 3.06. The Labute approximate surface area is 131 Å². The maximum atomic E-state index is 3.52. The second kappa shape index (κ2) is 7.43. The standard InChI is InChI=1S/C16H26BrN3/c1-14-12-15(13-17)4-5-16(14)20-10-8-19(9-11-20)7-6-18(2)3/h4-5,12H,6-11,13H2,1-3H3. The van der Waals surface area contributed by atoms with Gasteiger partial charge in [-0.3, -0.25) is 4.90 Å². The average molecular weight is 340 g/mol. The van der Waals surface area contributed by atoms with Crippen molar-refractivity contribution in [3.63, 3.8) is 0 Å². The Balaban J connectivity index is 1.90. The van der Waals surface area contributed by atoms with Crippen LogP contribution in [0.4, 0.5) is 5.69 Å². The van der Waals surface area contributed by atoms with Gasteiger partial charge in [0, 0.05) is 50.3 Å². The molecule has 1 aliphatic rings. The van der Waals surface area contributed by atoms with E-state index in [4.69, 9.17) is 0 Å². The SMILES string of the molecule is Cc1cc(CBr)ccc1N1CCN(CCN(C)C)CC1. The van der Waals surface area contributed by atoms with Crippen molar-refractivity contribution < 1.29 is 0 Å². The minimum Gasteiger partial charge on any atom is -0.369 e. The summed E-state index contributed by atoms with van der Waals surface area (Å²) in [6.07, 6.45) is 0. The fraction of sp³-hybridized carbons (Fsp3) is 0.625. The minimum absolute atomic E-state index is 0.937. The van der Waals surface area contributed by atoms with E-state index in [1.165, 1.54) is 36.4 Å². The van der Waals surface area contributed by atoms with Crippen molar-refractivity contribution in [2.24, 2.45) is 0 Å². The number of halogens is 1. The highest BCUT2D eigenvalue weighted by Gasteiger charge is 2.18. The molecule has 1 fully saturated rings. The first-order valence-electron chi connectivity index (χ1n) is 7.37. The van der Waals surface area contributed by atoms with Crippen LogP contribution in [0.15, 0.2) is 18.2 Å². The second-order valence-electron chi connectivity index (χ2n) is 5.89. The van der Waals surface area contributed by atoms with Crippen LogP contribution in [0, 0.1) is 6.92 Å². The molecule has 1 heterocycles. The highest BCUT2D eigenvalue weighted by Crippen LogP contribution is 2.23. The number of nitrogens with zero attached hydrogens (tertiary/aromatic N) is 3. The molecular weight excluding hydrogens is 314 g/mol. The lowest BCUT2D eigenvalue weighted by molar-refractivity contribution is 0.229. The van der Waals surface area contributed by atoms with Crippen molar-refractivity contribution in [2.45, 2.75) is 12.3 Å². The lowest BCUT2D eigenvalue weighted by atomic mass is 10.1. The molecule has 1 aromatic rings. The Bertz CT molecular complexity index is 426. The first-order valence-corrected chi connectivity index (χ1v) is 8.50. The molecule has 3 nitrogen and oxygen atoms in total. The van der Waals surface area contributed by atoms with Crippen molar-refractivity contribution in [3.05, 3.63) is 29.3 Å². The van der Waals surface area contributed by atoms with Gasteiger partial charge in [0.2, 0.25) is 0 Å². The maximum absolute atomic E-state index is 3.52. The summed E-state index contributed by atoms with van der Waals surface area (Å²) in [6.45, 7) is 9.19. The van der Waals surface area contributed by atoms with Gasteiger partial charge in [-0.25, -0.2) is 0 Å². The summed E-state index contributed by atoms with van der Waals surface area (Å²) in [5, 5.41) is 0.937. The van der Waals surface area contributed by atoms with Crippen molar-refractivity contribution in [1.29, 1.82) is 0 Å². The molecule has 112 valence electrons. The van der Waals surface area contributed by atoms with Gasteiger partial charge in [-0.2, -0.15) is 0 Å². The molecule has 0 saturated carbocycles. The molecule has 0 amide bonds. The highest BCUT2D eigenvalue weighted by atomic mass is 79.9. The first-order chi connectivity index (χ1) is 9.60. The zero-order chi connectivity index (χ0) is 14.5. The van der Waals surface area contributed by atoms with Crippen LogP contribution < -0.4 is 4.90 Å². The number of hydrogen-bond acceptors (Lipinski definition) is 3. The van der Waals surface area contributed by atoms with Gasteiger partial charge in [0.05, 0.1) is 0 Å².